The van der Waals surface area contributed by atoms with Gasteiger partial charge in [-0.3, -0.25) is 9.59 Å². The van der Waals surface area contributed by atoms with Gasteiger partial charge >= 0.3 is 5.97 Å². The van der Waals surface area contributed by atoms with Crippen molar-refractivity contribution in [2.24, 2.45) is 0 Å². The van der Waals surface area contributed by atoms with E-state index in [9.17, 15) is 39.9 Å². The molecule has 188 valence electrons. The van der Waals surface area contributed by atoms with Crippen LogP contribution < -0.4 is 10.6 Å². The Kier molecular flexibility index (Phi) is 8.20. The summed E-state index contributed by atoms with van der Waals surface area (Å²) in [6.45, 7) is 0.669. The second-order valence-corrected chi connectivity index (χ2v) is 8.38. The van der Waals surface area contributed by atoms with Crippen molar-refractivity contribution in [2.45, 2.75) is 49.6 Å². The smallest absolute Gasteiger partial charge is 0.364 e. The number of ether oxygens (including phenoxy) is 1. The largest absolute Gasteiger partial charge is 0.477 e. The Balaban J connectivity index is 1.66. The Labute approximate surface area is 201 Å². The fraction of sp³-hybridized carbons (Fsp3) is 0.375. The molecule has 1 saturated heterocycles. The van der Waals surface area contributed by atoms with Crippen LogP contribution in [-0.2, 0) is 14.3 Å². The predicted octanol–water partition coefficient (Wildman–Crippen LogP) is -0.767. The Hall–Kier alpha value is -3.35. The fourth-order valence-electron chi connectivity index (χ4n) is 3.89. The highest BCUT2D eigenvalue weighted by atomic mass is 16.7. The summed E-state index contributed by atoms with van der Waals surface area (Å²) in [6.07, 6.45) is -7.64. The molecule has 0 bridgehead atoms. The van der Waals surface area contributed by atoms with Gasteiger partial charge in [-0.25, -0.2) is 4.79 Å². The second kappa shape index (κ2) is 10.9. The summed E-state index contributed by atoms with van der Waals surface area (Å²) in [6, 6.07) is 14.9. The molecule has 11 nitrogen and oxygen atoms in total. The summed E-state index contributed by atoms with van der Waals surface area (Å²) < 4.78 is 5.11. The number of nitrogens with one attached hydrogen (secondary N) is 2. The summed E-state index contributed by atoms with van der Waals surface area (Å²) in [5.41, 5.74) is 2.18. The Morgan fingerprint density at radius 3 is 2.23 bits per heavy atom. The van der Waals surface area contributed by atoms with Crippen molar-refractivity contribution in [3.63, 3.8) is 0 Å². The summed E-state index contributed by atoms with van der Waals surface area (Å²) in [5, 5.41) is 55.6. The van der Waals surface area contributed by atoms with E-state index in [-0.39, 0.29) is 0 Å². The third-order valence-electron chi connectivity index (χ3n) is 5.75. The quantitative estimate of drug-likeness (QED) is 0.251. The first-order valence-electron chi connectivity index (χ1n) is 10.9. The van der Waals surface area contributed by atoms with Gasteiger partial charge in [-0.15, -0.1) is 0 Å². The zero-order valence-corrected chi connectivity index (χ0v) is 18.9. The zero-order chi connectivity index (χ0) is 25.8. The number of carboxylic acids is 1. The van der Waals surface area contributed by atoms with Crippen molar-refractivity contribution < 1.29 is 44.7 Å². The molecule has 1 fully saturated rings. The molecule has 1 aliphatic heterocycles. The first kappa shape index (κ1) is 26.3. The molecule has 3 rings (SSSR count). The SMILES string of the molecule is CC(=O)NC1C(O)CC(O)(C(=O)O)OC1C(O)C(O)CNC(=O)c1ccc(-c2ccccc2)cc1. The number of carbonyl (C=O) groups excluding carboxylic acids is 2. The number of rotatable bonds is 8. The first-order valence-corrected chi connectivity index (χ1v) is 10.9. The van der Waals surface area contributed by atoms with Crippen LogP contribution in [0.2, 0.25) is 0 Å². The molecule has 2 amide bonds. The lowest BCUT2D eigenvalue weighted by Crippen LogP contribution is -2.67. The Morgan fingerprint density at radius 2 is 1.66 bits per heavy atom. The van der Waals surface area contributed by atoms with Gasteiger partial charge < -0.3 is 40.9 Å². The highest BCUT2D eigenvalue weighted by Gasteiger charge is 2.53. The highest BCUT2D eigenvalue weighted by Crippen LogP contribution is 2.30. The number of aliphatic carboxylic acids is 1. The number of benzene rings is 2. The lowest BCUT2D eigenvalue weighted by molar-refractivity contribution is -0.294. The molecule has 2 aromatic carbocycles. The first-order chi connectivity index (χ1) is 16.5. The van der Waals surface area contributed by atoms with E-state index in [1.807, 2.05) is 30.3 Å². The van der Waals surface area contributed by atoms with Gasteiger partial charge in [-0.1, -0.05) is 42.5 Å². The monoisotopic (exact) mass is 488 g/mol. The maximum atomic E-state index is 12.5. The van der Waals surface area contributed by atoms with E-state index in [1.54, 1.807) is 24.3 Å². The summed E-state index contributed by atoms with van der Waals surface area (Å²) in [4.78, 5) is 35.4. The van der Waals surface area contributed by atoms with Crippen LogP contribution in [0.25, 0.3) is 11.1 Å². The van der Waals surface area contributed by atoms with Crippen LogP contribution in [0.1, 0.15) is 23.7 Å². The zero-order valence-electron chi connectivity index (χ0n) is 18.9. The molecule has 0 aliphatic carbocycles. The minimum absolute atomic E-state index is 0.298. The molecular weight excluding hydrogens is 460 g/mol. The van der Waals surface area contributed by atoms with Gasteiger partial charge in [0.2, 0.25) is 5.91 Å². The summed E-state index contributed by atoms with van der Waals surface area (Å²) >= 11 is 0. The van der Waals surface area contributed by atoms with E-state index in [0.717, 1.165) is 18.1 Å². The van der Waals surface area contributed by atoms with Gasteiger partial charge in [-0.05, 0) is 23.3 Å². The van der Waals surface area contributed by atoms with Crippen LogP contribution >= 0.6 is 0 Å². The second-order valence-electron chi connectivity index (χ2n) is 8.38. The number of aliphatic hydroxyl groups excluding tert-OH is 3. The third-order valence-corrected chi connectivity index (χ3v) is 5.75. The molecule has 1 aliphatic rings. The van der Waals surface area contributed by atoms with Crippen molar-refractivity contribution >= 4 is 17.8 Å². The van der Waals surface area contributed by atoms with Gasteiger partial charge in [-0.2, -0.15) is 0 Å². The van der Waals surface area contributed by atoms with Crippen molar-refractivity contribution in [3.8, 4) is 11.1 Å². The third kappa shape index (κ3) is 6.21. The van der Waals surface area contributed by atoms with Gasteiger partial charge in [0.25, 0.3) is 11.7 Å². The van der Waals surface area contributed by atoms with Crippen LogP contribution in [0, 0.1) is 0 Å². The summed E-state index contributed by atoms with van der Waals surface area (Å²) in [7, 11) is 0. The highest BCUT2D eigenvalue weighted by molar-refractivity contribution is 5.94. The van der Waals surface area contributed by atoms with Crippen LogP contribution in [0.3, 0.4) is 0 Å². The number of carbonyl (C=O) groups is 3. The molecule has 11 heteroatoms. The van der Waals surface area contributed by atoms with Crippen LogP contribution in [-0.4, -0.2) is 86.1 Å². The molecule has 2 aromatic rings. The molecule has 6 atom stereocenters. The number of carboxylic acid groups (broad SMARTS) is 1. The molecule has 35 heavy (non-hydrogen) atoms. The maximum Gasteiger partial charge on any atom is 0.364 e. The molecular formula is C24H28N2O9. The molecule has 0 saturated carbocycles. The van der Waals surface area contributed by atoms with Gasteiger partial charge in [0, 0.05) is 25.5 Å². The Morgan fingerprint density at radius 1 is 1.06 bits per heavy atom. The minimum Gasteiger partial charge on any atom is -0.477 e. The predicted molar refractivity (Wildman–Crippen MR) is 122 cm³/mol. The van der Waals surface area contributed by atoms with Crippen LogP contribution in [0.5, 0.6) is 0 Å². The van der Waals surface area contributed by atoms with Gasteiger partial charge in [0.1, 0.15) is 12.2 Å². The average Bonchev–Trinajstić information content (AvgIpc) is 2.83. The van der Waals surface area contributed by atoms with Crippen molar-refractivity contribution in [3.05, 3.63) is 60.2 Å². The van der Waals surface area contributed by atoms with Crippen molar-refractivity contribution in [1.82, 2.24) is 10.6 Å². The normalized spacial score (nSPS) is 25.8. The molecule has 0 radical (unpaired) electrons. The van der Waals surface area contributed by atoms with Crippen molar-refractivity contribution in [1.29, 1.82) is 0 Å². The van der Waals surface area contributed by atoms with E-state index in [0.29, 0.717) is 5.56 Å². The molecule has 6 unspecified atom stereocenters. The number of hydrogen-bond acceptors (Lipinski definition) is 8. The van der Waals surface area contributed by atoms with E-state index >= 15 is 0 Å². The fourth-order valence-corrected chi connectivity index (χ4v) is 3.89. The standard InChI is InChI=1S/C24H28N2O9/c1-13(27)26-19-17(28)11-24(34,23(32)33)35-21(19)20(30)18(29)12-25-22(31)16-9-7-15(8-10-16)14-5-3-2-4-6-14/h2-10,17-21,28-30,34H,11-12H2,1H3,(H,25,31)(H,26,27)(H,32,33). The number of hydrogen-bond donors (Lipinski definition) is 7. The molecule has 0 spiro atoms. The lowest BCUT2D eigenvalue weighted by Gasteiger charge is -2.44. The van der Waals surface area contributed by atoms with Gasteiger partial charge in [0.15, 0.2) is 0 Å². The average molecular weight is 488 g/mol. The van der Waals surface area contributed by atoms with E-state index in [4.69, 9.17) is 4.74 Å². The molecule has 0 aromatic heterocycles. The maximum absolute atomic E-state index is 12.5. The Bertz CT molecular complexity index is 1050. The molecule has 7 N–H and O–H groups in total. The lowest BCUT2D eigenvalue weighted by atomic mass is 9.88. The van der Waals surface area contributed by atoms with Crippen LogP contribution in [0.15, 0.2) is 54.6 Å². The van der Waals surface area contributed by atoms with E-state index < -0.39 is 67.0 Å². The van der Waals surface area contributed by atoms with E-state index in [2.05, 4.69) is 10.6 Å². The number of aliphatic hydroxyl groups is 4. The van der Waals surface area contributed by atoms with Gasteiger partial charge in [0.05, 0.1) is 18.2 Å². The van der Waals surface area contributed by atoms with Crippen molar-refractivity contribution in [2.75, 3.05) is 6.54 Å². The number of amides is 2. The summed E-state index contributed by atoms with van der Waals surface area (Å²) in [5.74, 6) is -5.81. The van der Waals surface area contributed by atoms with E-state index in [1.165, 1.54) is 0 Å². The van der Waals surface area contributed by atoms with Crippen LogP contribution in [0.4, 0.5) is 0 Å². The topological polar surface area (TPSA) is 186 Å². The minimum atomic E-state index is -2.84. The molecule has 1 heterocycles.